The number of nitriles is 1. The molecule has 0 saturated heterocycles. The van der Waals surface area contributed by atoms with Gasteiger partial charge in [0.25, 0.3) is 5.56 Å². The molecular weight excluding hydrogens is 397 g/mol. The van der Waals surface area contributed by atoms with Gasteiger partial charge in [0.15, 0.2) is 5.75 Å². The lowest BCUT2D eigenvalue weighted by molar-refractivity contribution is 0.472. The fourth-order valence-electron chi connectivity index (χ4n) is 2.94. The molecule has 0 aliphatic carbocycles. The first-order chi connectivity index (χ1) is 13.5. The summed E-state index contributed by atoms with van der Waals surface area (Å²) in [6.07, 6.45) is 5.87. The van der Waals surface area contributed by atoms with Crippen LogP contribution in [0.2, 0.25) is 10.0 Å². The molecule has 0 aliphatic rings. The van der Waals surface area contributed by atoms with Gasteiger partial charge in [-0.15, -0.1) is 0 Å². The van der Waals surface area contributed by atoms with Gasteiger partial charge in [-0.05, 0) is 62.1 Å². The van der Waals surface area contributed by atoms with Crippen molar-refractivity contribution >= 4 is 23.2 Å². The highest BCUT2D eigenvalue weighted by molar-refractivity contribution is 6.32. The quantitative estimate of drug-likeness (QED) is 0.600. The lowest BCUT2D eigenvalue weighted by Crippen LogP contribution is -2.13. The Morgan fingerprint density at radius 3 is 2.64 bits per heavy atom. The number of ether oxygens (including phenoxy) is 1. The Balaban J connectivity index is 1.90. The third kappa shape index (κ3) is 4.72. The van der Waals surface area contributed by atoms with E-state index in [0.717, 1.165) is 18.4 Å². The number of aromatic nitrogens is 2. The van der Waals surface area contributed by atoms with Crippen LogP contribution in [0.1, 0.15) is 28.8 Å². The maximum atomic E-state index is 12.1. The van der Waals surface area contributed by atoms with Crippen LogP contribution in [0, 0.1) is 18.3 Å². The van der Waals surface area contributed by atoms with Crippen LogP contribution in [0.4, 0.5) is 0 Å². The minimum absolute atomic E-state index is 0.0250. The number of hydrogen-bond acceptors (Lipinski definition) is 4. The zero-order chi connectivity index (χ0) is 20.1. The molecule has 0 radical (unpaired) electrons. The van der Waals surface area contributed by atoms with Crippen molar-refractivity contribution in [2.75, 3.05) is 0 Å². The third-order valence-corrected chi connectivity index (χ3v) is 4.85. The summed E-state index contributed by atoms with van der Waals surface area (Å²) in [7, 11) is 0. The summed E-state index contributed by atoms with van der Waals surface area (Å²) in [5.41, 5.74) is 2.63. The molecule has 1 N–H and O–H groups in total. The highest BCUT2D eigenvalue weighted by Gasteiger charge is 2.17. The molecule has 5 nitrogen and oxygen atoms in total. The van der Waals surface area contributed by atoms with Gasteiger partial charge in [0.1, 0.15) is 10.8 Å². The zero-order valence-corrected chi connectivity index (χ0v) is 16.6. The number of H-pyrrole nitrogens is 1. The predicted octanol–water partition coefficient (Wildman–Crippen LogP) is 5.22. The highest BCUT2D eigenvalue weighted by Crippen LogP contribution is 2.34. The fraction of sp³-hybridized carbons (Fsp3) is 0.190. The van der Waals surface area contributed by atoms with E-state index in [0.29, 0.717) is 34.2 Å². The van der Waals surface area contributed by atoms with Crippen molar-refractivity contribution in [2.24, 2.45) is 0 Å². The maximum Gasteiger partial charge on any atom is 0.270 e. The van der Waals surface area contributed by atoms with Gasteiger partial charge in [-0.3, -0.25) is 9.78 Å². The Kier molecular flexibility index (Phi) is 6.35. The van der Waals surface area contributed by atoms with Gasteiger partial charge in [0, 0.05) is 28.7 Å². The standard InChI is InChI=1S/C21H17Cl2N3O2/c1-13-18(4-2-3-14-5-7-25-8-6-14)20(19(23)21(27)26-13)28-17-10-15(12-24)9-16(22)11-17/h5-11H,2-4H2,1H3,(H,26,27). The molecule has 0 aliphatic heterocycles. The first-order valence-electron chi connectivity index (χ1n) is 8.66. The summed E-state index contributed by atoms with van der Waals surface area (Å²) in [4.78, 5) is 18.9. The molecule has 1 aromatic carbocycles. The highest BCUT2D eigenvalue weighted by atomic mass is 35.5. The Labute approximate surface area is 172 Å². The maximum absolute atomic E-state index is 12.1. The molecule has 0 fully saturated rings. The monoisotopic (exact) mass is 413 g/mol. The molecule has 0 saturated carbocycles. The summed E-state index contributed by atoms with van der Waals surface area (Å²) in [6, 6.07) is 10.6. The van der Waals surface area contributed by atoms with Gasteiger partial charge < -0.3 is 9.72 Å². The number of aromatic amines is 1. The van der Waals surface area contributed by atoms with Crippen LogP contribution in [0.25, 0.3) is 0 Å². The molecule has 0 spiro atoms. The summed E-state index contributed by atoms with van der Waals surface area (Å²) >= 11 is 12.3. The van der Waals surface area contributed by atoms with Crippen LogP contribution in [0.5, 0.6) is 11.5 Å². The number of rotatable bonds is 6. The van der Waals surface area contributed by atoms with E-state index in [1.165, 1.54) is 11.6 Å². The first-order valence-corrected chi connectivity index (χ1v) is 9.42. The van der Waals surface area contributed by atoms with E-state index in [-0.39, 0.29) is 5.02 Å². The summed E-state index contributed by atoms with van der Waals surface area (Å²) in [6.45, 7) is 1.81. The van der Waals surface area contributed by atoms with E-state index in [4.69, 9.17) is 33.2 Å². The number of hydrogen-bond donors (Lipinski definition) is 1. The molecule has 0 bridgehead atoms. The molecular formula is C21H17Cl2N3O2. The Morgan fingerprint density at radius 2 is 1.93 bits per heavy atom. The van der Waals surface area contributed by atoms with Gasteiger partial charge in [-0.25, -0.2) is 0 Å². The second kappa shape index (κ2) is 8.92. The van der Waals surface area contributed by atoms with Crippen LogP contribution in [-0.2, 0) is 12.8 Å². The molecule has 0 amide bonds. The summed E-state index contributed by atoms with van der Waals surface area (Å²) in [5, 5.41) is 9.47. The van der Waals surface area contributed by atoms with Crippen molar-refractivity contribution in [1.82, 2.24) is 9.97 Å². The summed E-state index contributed by atoms with van der Waals surface area (Å²) in [5.74, 6) is 0.648. The molecule has 2 heterocycles. The first kappa shape index (κ1) is 19.9. The van der Waals surface area contributed by atoms with Crippen molar-refractivity contribution in [3.8, 4) is 17.6 Å². The average molecular weight is 414 g/mol. The number of benzene rings is 1. The number of nitrogens with zero attached hydrogens (tertiary/aromatic N) is 2. The summed E-state index contributed by atoms with van der Waals surface area (Å²) < 4.78 is 5.93. The average Bonchev–Trinajstić information content (AvgIpc) is 2.68. The van der Waals surface area contributed by atoms with E-state index in [9.17, 15) is 4.79 Å². The van der Waals surface area contributed by atoms with Crippen molar-refractivity contribution in [2.45, 2.75) is 26.2 Å². The predicted molar refractivity (Wildman–Crippen MR) is 109 cm³/mol. The van der Waals surface area contributed by atoms with Gasteiger partial charge in [0.05, 0.1) is 11.6 Å². The Hall–Kier alpha value is -2.81. The molecule has 2 aromatic heterocycles. The molecule has 142 valence electrons. The number of aryl methyl sites for hydroxylation is 2. The minimum Gasteiger partial charge on any atom is -0.455 e. The lowest BCUT2D eigenvalue weighted by atomic mass is 10.0. The van der Waals surface area contributed by atoms with Gasteiger partial charge >= 0.3 is 0 Å². The molecule has 3 rings (SSSR count). The molecule has 7 heteroatoms. The van der Waals surface area contributed by atoms with Crippen molar-refractivity contribution in [3.63, 3.8) is 0 Å². The second-order valence-electron chi connectivity index (χ2n) is 6.30. The van der Waals surface area contributed by atoms with E-state index in [1.54, 1.807) is 24.5 Å². The van der Waals surface area contributed by atoms with Gasteiger partial charge in [-0.2, -0.15) is 5.26 Å². The lowest BCUT2D eigenvalue weighted by Gasteiger charge is -2.15. The van der Waals surface area contributed by atoms with Crippen molar-refractivity contribution in [3.05, 3.63) is 85.5 Å². The van der Waals surface area contributed by atoms with Crippen LogP contribution >= 0.6 is 23.2 Å². The van der Waals surface area contributed by atoms with E-state index >= 15 is 0 Å². The zero-order valence-electron chi connectivity index (χ0n) is 15.1. The second-order valence-corrected chi connectivity index (χ2v) is 7.11. The molecule has 28 heavy (non-hydrogen) atoms. The van der Waals surface area contributed by atoms with Gasteiger partial charge in [-0.1, -0.05) is 23.2 Å². The van der Waals surface area contributed by atoms with E-state index in [2.05, 4.69) is 9.97 Å². The van der Waals surface area contributed by atoms with E-state index < -0.39 is 5.56 Å². The van der Waals surface area contributed by atoms with Gasteiger partial charge in [0.2, 0.25) is 0 Å². The number of halogens is 2. The molecule has 3 aromatic rings. The normalized spacial score (nSPS) is 10.5. The Bertz CT molecular complexity index is 1090. The largest absolute Gasteiger partial charge is 0.455 e. The van der Waals surface area contributed by atoms with Crippen molar-refractivity contribution < 1.29 is 4.74 Å². The van der Waals surface area contributed by atoms with Crippen LogP contribution in [0.3, 0.4) is 0 Å². The smallest absolute Gasteiger partial charge is 0.270 e. The molecule has 0 atom stereocenters. The fourth-order valence-corrected chi connectivity index (χ4v) is 3.36. The number of pyridine rings is 2. The van der Waals surface area contributed by atoms with Crippen LogP contribution in [0.15, 0.2) is 47.5 Å². The van der Waals surface area contributed by atoms with E-state index in [1.807, 2.05) is 25.1 Å². The Morgan fingerprint density at radius 1 is 1.18 bits per heavy atom. The molecule has 0 unspecified atom stereocenters. The van der Waals surface area contributed by atoms with Crippen molar-refractivity contribution in [1.29, 1.82) is 5.26 Å². The third-order valence-electron chi connectivity index (χ3n) is 4.29. The van der Waals surface area contributed by atoms with Crippen LogP contribution < -0.4 is 10.3 Å². The van der Waals surface area contributed by atoms with Crippen LogP contribution in [-0.4, -0.2) is 9.97 Å². The number of nitrogens with one attached hydrogen (secondary N) is 1. The SMILES string of the molecule is Cc1[nH]c(=O)c(Cl)c(Oc2cc(Cl)cc(C#N)c2)c1CCCc1ccncc1. The topological polar surface area (TPSA) is 78.8 Å². The minimum atomic E-state index is -0.422.